The number of hydrogen-bond donors (Lipinski definition) is 0. The Morgan fingerprint density at radius 1 is 1.90 bits per heavy atom. The van der Waals surface area contributed by atoms with Gasteiger partial charge in [-0.2, -0.15) is 0 Å². The minimum atomic E-state index is -2.53. The summed E-state index contributed by atoms with van der Waals surface area (Å²) in [4.78, 5) is 3.93. The molecule has 10 heavy (non-hydrogen) atoms. The van der Waals surface area contributed by atoms with E-state index in [0.717, 1.165) is 12.3 Å². The Bertz CT molecular complexity index is 243. The Labute approximate surface area is 69.1 Å². The van der Waals surface area contributed by atoms with E-state index in [-0.39, 0.29) is 0 Å². The largest absolute Gasteiger partial charge is 0.374 e. The van der Waals surface area contributed by atoms with Crippen molar-refractivity contribution in [2.45, 2.75) is 0 Å². The van der Waals surface area contributed by atoms with E-state index < -0.39 is 8.77 Å². The molecule has 1 aliphatic heterocycles. The van der Waals surface area contributed by atoms with Crippen LogP contribution in [0.4, 0.5) is 0 Å². The SMILES string of the molecule is CS(=O)(=S)OC1=NCCS1. The quantitative estimate of drug-likeness (QED) is 0.610. The van der Waals surface area contributed by atoms with Crippen LogP contribution in [0.5, 0.6) is 0 Å². The summed E-state index contributed by atoms with van der Waals surface area (Å²) in [5, 5.41) is 0.475. The molecule has 58 valence electrons. The topological polar surface area (TPSA) is 38.7 Å². The highest BCUT2D eigenvalue weighted by Gasteiger charge is 2.11. The van der Waals surface area contributed by atoms with Crippen molar-refractivity contribution in [3.05, 3.63) is 0 Å². The summed E-state index contributed by atoms with van der Waals surface area (Å²) >= 11 is 5.98. The van der Waals surface area contributed by atoms with Crippen LogP contribution in [0.15, 0.2) is 4.99 Å². The lowest BCUT2D eigenvalue weighted by Crippen LogP contribution is -2.04. The van der Waals surface area contributed by atoms with E-state index in [9.17, 15) is 4.21 Å². The summed E-state index contributed by atoms with van der Waals surface area (Å²) in [5.74, 6) is 0.903. The van der Waals surface area contributed by atoms with Crippen molar-refractivity contribution in [1.82, 2.24) is 0 Å². The fraction of sp³-hybridized carbons (Fsp3) is 0.750. The maximum Gasteiger partial charge on any atom is 0.262 e. The fourth-order valence-electron chi connectivity index (χ4n) is 0.495. The second-order valence-corrected chi connectivity index (χ2v) is 6.22. The molecule has 0 radical (unpaired) electrons. The molecule has 1 aliphatic rings. The molecule has 1 rings (SSSR count). The predicted octanol–water partition coefficient (Wildman–Crippen LogP) is 0.397. The molecule has 0 aromatic rings. The Kier molecular flexibility index (Phi) is 2.54. The van der Waals surface area contributed by atoms with E-state index in [1.807, 2.05) is 0 Å². The van der Waals surface area contributed by atoms with Crippen molar-refractivity contribution in [1.29, 1.82) is 0 Å². The zero-order valence-electron chi connectivity index (χ0n) is 5.40. The number of hydrogen-bond acceptors (Lipinski definition) is 5. The number of thioether (sulfide) groups is 1. The summed E-state index contributed by atoms with van der Waals surface area (Å²) in [7, 11) is -2.53. The van der Waals surface area contributed by atoms with E-state index in [2.05, 4.69) is 16.2 Å². The minimum Gasteiger partial charge on any atom is -0.374 e. The molecule has 0 amide bonds. The van der Waals surface area contributed by atoms with Gasteiger partial charge in [-0.05, 0) is 0 Å². The van der Waals surface area contributed by atoms with Gasteiger partial charge in [0, 0.05) is 23.2 Å². The average molecular weight is 197 g/mol. The van der Waals surface area contributed by atoms with Gasteiger partial charge in [0.1, 0.15) is 0 Å². The summed E-state index contributed by atoms with van der Waals surface area (Å²) < 4.78 is 15.7. The second kappa shape index (κ2) is 3.06. The monoisotopic (exact) mass is 197 g/mol. The molecule has 6 heteroatoms. The molecule has 0 aliphatic carbocycles. The first kappa shape index (κ1) is 8.29. The predicted molar refractivity (Wildman–Crippen MR) is 47.3 cm³/mol. The third kappa shape index (κ3) is 2.85. The maximum absolute atomic E-state index is 10.8. The lowest BCUT2D eigenvalue weighted by atomic mass is 10.8. The van der Waals surface area contributed by atoms with Crippen LogP contribution in [0.1, 0.15) is 0 Å². The van der Waals surface area contributed by atoms with Crippen molar-refractivity contribution < 1.29 is 8.39 Å². The molecule has 1 unspecified atom stereocenters. The highest BCUT2D eigenvalue weighted by Crippen LogP contribution is 2.13. The third-order valence-corrected chi connectivity index (χ3v) is 2.40. The normalized spacial score (nSPS) is 23.5. The van der Waals surface area contributed by atoms with E-state index in [1.165, 1.54) is 18.0 Å². The van der Waals surface area contributed by atoms with Crippen LogP contribution in [0.3, 0.4) is 0 Å². The summed E-state index contributed by atoms with van der Waals surface area (Å²) in [6.07, 6.45) is 1.38. The molecule has 3 nitrogen and oxygen atoms in total. The smallest absolute Gasteiger partial charge is 0.262 e. The summed E-state index contributed by atoms with van der Waals surface area (Å²) in [6.45, 7) is 0.741. The lowest BCUT2D eigenvalue weighted by Gasteiger charge is -2.00. The Hall–Kier alpha value is 0.190. The highest BCUT2D eigenvalue weighted by molar-refractivity contribution is 8.30. The Balaban J connectivity index is 2.54. The molecule has 0 bridgehead atoms. The molecule has 0 aromatic heterocycles. The van der Waals surface area contributed by atoms with Gasteiger partial charge in [-0.25, -0.2) is 9.20 Å². The first-order valence-corrected chi connectivity index (χ1v) is 6.45. The molecule has 0 spiro atoms. The Morgan fingerprint density at radius 2 is 2.60 bits per heavy atom. The molecule has 1 heterocycles. The number of nitrogens with zero attached hydrogens (tertiary/aromatic N) is 1. The van der Waals surface area contributed by atoms with Gasteiger partial charge in [0.05, 0.1) is 6.54 Å². The van der Waals surface area contributed by atoms with Crippen LogP contribution in [-0.4, -0.2) is 28.0 Å². The van der Waals surface area contributed by atoms with Crippen molar-refractivity contribution in [3.63, 3.8) is 0 Å². The lowest BCUT2D eigenvalue weighted by molar-refractivity contribution is 0.572. The van der Waals surface area contributed by atoms with Gasteiger partial charge in [-0.15, -0.1) is 0 Å². The van der Waals surface area contributed by atoms with Crippen molar-refractivity contribution >= 4 is 37.0 Å². The molecule has 1 atom stereocenters. The zero-order chi connectivity index (χ0) is 7.61. The first-order chi connectivity index (χ1) is 4.58. The van der Waals surface area contributed by atoms with Gasteiger partial charge >= 0.3 is 0 Å². The molecular formula is C4H7NO2S3. The molecule has 0 fully saturated rings. The van der Waals surface area contributed by atoms with Gasteiger partial charge in [0.25, 0.3) is 5.23 Å². The van der Waals surface area contributed by atoms with Crippen molar-refractivity contribution in [3.8, 4) is 0 Å². The Morgan fingerprint density at radius 3 is 3.00 bits per heavy atom. The van der Waals surface area contributed by atoms with Crippen LogP contribution < -0.4 is 0 Å². The van der Waals surface area contributed by atoms with Crippen LogP contribution in [0.25, 0.3) is 0 Å². The van der Waals surface area contributed by atoms with Crippen LogP contribution in [0.2, 0.25) is 0 Å². The van der Waals surface area contributed by atoms with E-state index in [1.54, 1.807) is 0 Å². The van der Waals surface area contributed by atoms with E-state index >= 15 is 0 Å². The molecule has 0 saturated heterocycles. The average Bonchev–Trinajstić information content (AvgIpc) is 2.12. The minimum absolute atomic E-state index is 0.475. The van der Waals surface area contributed by atoms with Gasteiger partial charge in [-0.3, -0.25) is 0 Å². The zero-order valence-corrected chi connectivity index (χ0v) is 7.85. The summed E-state index contributed by atoms with van der Waals surface area (Å²) in [6, 6.07) is 0. The molecule has 0 N–H and O–H groups in total. The first-order valence-electron chi connectivity index (χ1n) is 2.65. The van der Waals surface area contributed by atoms with Gasteiger partial charge in [0.15, 0.2) is 8.77 Å². The van der Waals surface area contributed by atoms with E-state index in [4.69, 9.17) is 4.18 Å². The number of rotatable bonds is 1. The maximum atomic E-state index is 10.8. The van der Waals surface area contributed by atoms with Gasteiger partial charge in [-0.1, -0.05) is 11.8 Å². The van der Waals surface area contributed by atoms with E-state index in [0.29, 0.717) is 5.23 Å². The molecule has 0 saturated carbocycles. The fourth-order valence-corrected chi connectivity index (χ4v) is 2.25. The van der Waals surface area contributed by atoms with Crippen LogP contribution in [0, 0.1) is 0 Å². The standard InChI is InChI=1S/C4H7NO2S3/c1-10(6,8)7-4-5-2-3-9-4/h2-3H2,1H3. The highest BCUT2D eigenvalue weighted by atomic mass is 32.8. The second-order valence-electron chi connectivity index (χ2n) is 1.78. The van der Waals surface area contributed by atoms with Gasteiger partial charge < -0.3 is 4.18 Å². The summed E-state index contributed by atoms with van der Waals surface area (Å²) in [5.41, 5.74) is 0. The number of aliphatic imine (C=N–C) groups is 1. The molecule has 0 aromatic carbocycles. The van der Waals surface area contributed by atoms with Crippen LogP contribution >= 0.6 is 11.8 Å². The third-order valence-electron chi connectivity index (χ3n) is 0.780. The van der Waals surface area contributed by atoms with Gasteiger partial charge in [0.2, 0.25) is 0 Å². The van der Waals surface area contributed by atoms with Crippen molar-refractivity contribution in [2.75, 3.05) is 18.6 Å². The molecular weight excluding hydrogens is 190 g/mol. The van der Waals surface area contributed by atoms with Crippen LogP contribution in [-0.2, 0) is 24.1 Å². The van der Waals surface area contributed by atoms with Crippen molar-refractivity contribution in [2.24, 2.45) is 4.99 Å².